The minimum absolute atomic E-state index is 0.475. The first kappa shape index (κ1) is 9.56. The van der Waals surface area contributed by atoms with Gasteiger partial charge in [0.1, 0.15) is 0 Å². The molecule has 0 aliphatic carbocycles. The van der Waals surface area contributed by atoms with Gasteiger partial charge in [-0.25, -0.2) is 4.79 Å². The summed E-state index contributed by atoms with van der Waals surface area (Å²) >= 11 is 1.37. The molecule has 0 amide bonds. The molecule has 0 radical (unpaired) electrons. The van der Waals surface area contributed by atoms with E-state index in [0.29, 0.717) is 4.91 Å². The van der Waals surface area contributed by atoms with Gasteiger partial charge in [0.15, 0.2) is 0 Å². The molecular formula is C7H12O2S. The summed E-state index contributed by atoms with van der Waals surface area (Å²) < 4.78 is 0. The van der Waals surface area contributed by atoms with Crippen LogP contribution < -0.4 is 0 Å². The topological polar surface area (TPSA) is 37.3 Å². The summed E-state index contributed by atoms with van der Waals surface area (Å²) in [6.07, 6.45) is 0. The van der Waals surface area contributed by atoms with E-state index >= 15 is 0 Å². The van der Waals surface area contributed by atoms with Crippen molar-refractivity contribution >= 4 is 17.7 Å². The molecule has 0 bridgehead atoms. The zero-order valence-corrected chi connectivity index (χ0v) is 7.29. The fraction of sp³-hybridized carbons (Fsp3) is 0.571. The van der Waals surface area contributed by atoms with Crippen molar-refractivity contribution in [2.75, 3.05) is 5.75 Å². The van der Waals surface area contributed by atoms with E-state index in [4.69, 9.17) is 5.11 Å². The molecule has 0 aromatic heterocycles. The predicted molar refractivity (Wildman–Crippen MR) is 44.1 cm³/mol. The van der Waals surface area contributed by atoms with Crippen LogP contribution in [0.25, 0.3) is 0 Å². The molecule has 1 N–H and O–H groups in total. The number of hydrogen-bond donors (Lipinski definition) is 1. The largest absolute Gasteiger partial charge is 0.477 e. The maximum atomic E-state index is 10.5. The molecule has 0 unspecified atom stereocenters. The molecule has 58 valence electrons. The maximum absolute atomic E-state index is 10.5. The zero-order valence-electron chi connectivity index (χ0n) is 6.47. The van der Waals surface area contributed by atoms with Gasteiger partial charge in [0.05, 0.1) is 4.91 Å². The van der Waals surface area contributed by atoms with Crippen molar-refractivity contribution in [2.24, 2.45) is 0 Å². The smallest absolute Gasteiger partial charge is 0.342 e. The van der Waals surface area contributed by atoms with Crippen LogP contribution in [0.5, 0.6) is 0 Å². The Bertz CT molecular complexity index is 157. The number of aliphatic carboxylic acids is 1. The lowest BCUT2D eigenvalue weighted by Crippen LogP contribution is -1.98. The van der Waals surface area contributed by atoms with Crippen LogP contribution >= 0.6 is 11.8 Å². The van der Waals surface area contributed by atoms with E-state index < -0.39 is 5.97 Å². The summed E-state index contributed by atoms with van der Waals surface area (Å²) in [6, 6.07) is 0. The average Bonchev–Trinajstić information content (AvgIpc) is 1.81. The number of rotatable bonds is 3. The highest BCUT2D eigenvalue weighted by molar-refractivity contribution is 8.03. The number of hydrogen-bond acceptors (Lipinski definition) is 2. The summed E-state index contributed by atoms with van der Waals surface area (Å²) in [5.74, 6) is -0.000787. The maximum Gasteiger partial charge on any atom is 0.342 e. The third-order valence-electron chi connectivity index (χ3n) is 0.937. The molecule has 0 fully saturated rings. The molecule has 0 aromatic carbocycles. The predicted octanol–water partition coefficient (Wildman–Crippen LogP) is 2.12. The van der Waals surface area contributed by atoms with E-state index in [1.807, 2.05) is 20.8 Å². The Morgan fingerprint density at radius 2 is 2.00 bits per heavy atom. The van der Waals surface area contributed by atoms with E-state index in [-0.39, 0.29) is 0 Å². The molecule has 0 aromatic rings. The summed E-state index contributed by atoms with van der Waals surface area (Å²) in [5.41, 5.74) is 0.874. The van der Waals surface area contributed by atoms with Crippen molar-refractivity contribution < 1.29 is 9.90 Å². The monoisotopic (exact) mass is 160 g/mol. The van der Waals surface area contributed by atoms with Crippen LogP contribution in [0.1, 0.15) is 20.8 Å². The lowest BCUT2D eigenvalue weighted by Gasteiger charge is -2.00. The lowest BCUT2D eigenvalue weighted by atomic mass is 10.3. The summed E-state index contributed by atoms with van der Waals surface area (Å²) in [6.45, 7) is 5.56. The van der Waals surface area contributed by atoms with Crippen molar-refractivity contribution in [1.29, 1.82) is 0 Å². The first-order chi connectivity index (χ1) is 4.59. The van der Waals surface area contributed by atoms with Crippen molar-refractivity contribution in [3.8, 4) is 0 Å². The van der Waals surface area contributed by atoms with Crippen LogP contribution in [0.2, 0.25) is 0 Å². The summed E-state index contributed by atoms with van der Waals surface area (Å²) in [7, 11) is 0. The Morgan fingerprint density at radius 1 is 1.50 bits per heavy atom. The molecule has 0 aliphatic heterocycles. The van der Waals surface area contributed by atoms with E-state index in [2.05, 4.69) is 0 Å². The van der Waals surface area contributed by atoms with Crippen LogP contribution in [-0.4, -0.2) is 16.8 Å². The van der Waals surface area contributed by atoms with Crippen molar-refractivity contribution in [2.45, 2.75) is 20.8 Å². The van der Waals surface area contributed by atoms with Gasteiger partial charge in [-0.1, -0.05) is 12.5 Å². The van der Waals surface area contributed by atoms with Crippen LogP contribution in [0.15, 0.2) is 10.5 Å². The first-order valence-electron chi connectivity index (χ1n) is 3.13. The van der Waals surface area contributed by atoms with Crippen LogP contribution in [0.4, 0.5) is 0 Å². The van der Waals surface area contributed by atoms with E-state index in [0.717, 1.165) is 11.3 Å². The van der Waals surface area contributed by atoms with Crippen molar-refractivity contribution in [1.82, 2.24) is 0 Å². The molecule has 2 nitrogen and oxygen atoms in total. The van der Waals surface area contributed by atoms with Crippen molar-refractivity contribution in [3.63, 3.8) is 0 Å². The van der Waals surface area contributed by atoms with Gasteiger partial charge in [-0.3, -0.25) is 0 Å². The third-order valence-corrected chi connectivity index (χ3v) is 2.10. The van der Waals surface area contributed by atoms with Gasteiger partial charge in [0.25, 0.3) is 0 Å². The van der Waals surface area contributed by atoms with Gasteiger partial charge >= 0.3 is 5.97 Å². The van der Waals surface area contributed by atoms with Crippen LogP contribution in [0.3, 0.4) is 0 Å². The second kappa shape index (κ2) is 4.39. The van der Waals surface area contributed by atoms with Gasteiger partial charge in [0, 0.05) is 0 Å². The first-order valence-corrected chi connectivity index (χ1v) is 4.11. The molecule has 10 heavy (non-hydrogen) atoms. The molecule has 0 spiro atoms. The second-order valence-electron chi connectivity index (χ2n) is 2.07. The molecular weight excluding hydrogens is 148 g/mol. The Balaban J connectivity index is 4.28. The minimum atomic E-state index is -0.813. The van der Waals surface area contributed by atoms with E-state index in [1.54, 1.807) is 0 Å². The average molecular weight is 160 g/mol. The van der Waals surface area contributed by atoms with Gasteiger partial charge in [-0.05, 0) is 19.6 Å². The second-order valence-corrected chi connectivity index (χ2v) is 3.34. The standard InChI is InChI=1S/C7H12O2S/c1-4-10-6(5(2)3)7(8)9/h4H2,1-3H3,(H,8,9). The molecule has 0 heterocycles. The fourth-order valence-corrected chi connectivity index (χ4v) is 1.27. The minimum Gasteiger partial charge on any atom is -0.477 e. The van der Waals surface area contributed by atoms with Crippen molar-refractivity contribution in [3.05, 3.63) is 10.5 Å². The Labute approximate surface area is 65.3 Å². The number of carbonyl (C=O) groups is 1. The third kappa shape index (κ3) is 2.92. The molecule has 0 aliphatic rings. The fourth-order valence-electron chi connectivity index (χ4n) is 0.564. The van der Waals surface area contributed by atoms with Gasteiger partial charge in [-0.15, -0.1) is 11.8 Å². The number of carboxylic acid groups (broad SMARTS) is 1. The van der Waals surface area contributed by atoms with Crippen LogP contribution in [-0.2, 0) is 4.79 Å². The number of allylic oxidation sites excluding steroid dienone is 1. The summed E-state index contributed by atoms with van der Waals surface area (Å²) in [4.78, 5) is 10.9. The number of carboxylic acids is 1. The normalized spacial score (nSPS) is 9.10. The van der Waals surface area contributed by atoms with E-state index in [9.17, 15) is 4.79 Å². The quantitative estimate of drug-likeness (QED) is 0.642. The highest BCUT2D eigenvalue weighted by atomic mass is 32.2. The SMILES string of the molecule is CCSC(C(=O)O)=C(C)C. The molecule has 0 rings (SSSR count). The molecule has 0 atom stereocenters. The van der Waals surface area contributed by atoms with Gasteiger partial charge in [-0.2, -0.15) is 0 Å². The van der Waals surface area contributed by atoms with Gasteiger partial charge in [0.2, 0.25) is 0 Å². The van der Waals surface area contributed by atoms with Gasteiger partial charge < -0.3 is 5.11 Å². The van der Waals surface area contributed by atoms with E-state index in [1.165, 1.54) is 11.8 Å². The zero-order chi connectivity index (χ0) is 8.15. The Hall–Kier alpha value is -0.440. The molecule has 0 saturated heterocycles. The van der Waals surface area contributed by atoms with Crippen LogP contribution in [0, 0.1) is 0 Å². The molecule has 0 saturated carbocycles. The number of thioether (sulfide) groups is 1. The Morgan fingerprint density at radius 3 is 2.10 bits per heavy atom. The summed E-state index contributed by atoms with van der Waals surface area (Å²) in [5, 5.41) is 8.60. The lowest BCUT2D eigenvalue weighted by molar-refractivity contribution is -0.131. The molecule has 3 heteroatoms. The highest BCUT2D eigenvalue weighted by Gasteiger charge is 2.07. The highest BCUT2D eigenvalue weighted by Crippen LogP contribution is 2.18. The Kier molecular flexibility index (Phi) is 4.19.